The topological polar surface area (TPSA) is 68.3 Å². The molecule has 0 atom stereocenters. The van der Waals surface area contributed by atoms with Crippen molar-refractivity contribution in [1.82, 2.24) is 29.0 Å². The highest BCUT2D eigenvalue weighted by Gasteiger charge is 2.26. The number of imidazole rings is 1. The molecule has 0 bridgehead atoms. The van der Waals surface area contributed by atoms with E-state index < -0.39 is 5.95 Å². The lowest BCUT2D eigenvalue weighted by atomic mass is 10.2. The van der Waals surface area contributed by atoms with E-state index in [0.29, 0.717) is 42.4 Å². The molecule has 0 N–H and O–H groups in total. The Morgan fingerprint density at radius 1 is 1.18 bits per heavy atom. The number of halogens is 2. The first kappa shape index (κ1) is 17.1. The number of rotatable bonds is 2. The molecule has 1 aliphatic rings. The zero-order valence-electron chi connectivity index (χ0n) is 14.6. The van der Waals surface area contributed by atoms with Crippen LogP contribution in [0.2, 0.25) is 0 Å². The molecule has 0 aromatic carbocycles. The Morgan fingerprint density at radius 2 is 2.07 bits per heavy atom. The van der Waals surface area contributed by atoms with Gasteiger partial charge < -0.3 is 9.47 Å². The van der Waals surface area contributed by atoms with Gasteiger partial charge in [0.15, 0.2) is 5.69 Å². The van der Waals surface area contributed by atoms with Gasteiger partial charge in [-0.05, 0) is 46.3 Å². The number of carbonyl (C=O) groups excluding carboxylic acids is 1. The Labute approximate surface area is 167 Å². The van der Waals surface area contributed by atoms with E-state index in [-0.39, 0.29) is 5.91 Å². The van der Waals surface area contributed by atoms with Crippen molar-refractivity contribution in [2.24, 2.45) is 0 Å². The standard InChI is InChI=1S/C19H14BrFN6O/c20-12-3-4-13-8-15(24-27(13)9-12)19(28)26-7-6-25-10-16(23-17(25)11-26)14-2-1-5-22-18(14)21/h1-5,8-10H,6-7,11H2. The Bertz CT molecular complexity index is 1220. The molecule has 1 amide bonds. The molecule has 0 radical (unpaired) electrons. The highest BCUT2D eigenvalue weighted by atomic mass is 79.9. The van der Waals surface area contributed by atoms with Crippen molar-refractivity contribution in [2.75, 3.05) is 6.54 Å². The minimum atomic E-state index is -0.554. The summed E-state index contributed by atoms with van der Waals surface area (Å²) in [5, 5.41) is 4.38. The van der Waals surface area contributed by atoms with Gasteiger partial charge in [-0.1, -0.05) is 0 Å². The van der Waals surface area contributed by atoms with Gasteiger partial charge in [-0.25, -0.2) is 14.5 Å². The van der Waals surface area contributed by atoms with E-state index in [1.807, 2.05) is 22.9 Å². The summed E-state index contributed by atoms with van der Waals surface area (Å²) in [6.07, 6.45) is 5.02. The molecule has 5 rings (SSSR count). The zero-order valence-corrected chi connectivity index (χ0v) is 16.2. The molecule has 1 aliphatic heterocycles. The van der Waals surface area contributed by atoms with Crippen molar-refractivity contribution in [3.05, 3.63) is 70.9 Å². The molecule has 5 heterocycles. The number of fused-ring (bicyclic) bond motifs is 2. The molecular formula is C19H14BrFN6O. The van der Waals surface area contributed by atoms with Crippen LogP contribution < -0.4 is 0 Å². The summed E-state index contributed by atoms with van der Waals surface area (Å²) in [5.41, 5.74) is 2.11. The van der Waals surface area contributed by atoms with Gasteiger partial charge in [0, 0.05) is 36.2 Å². The second-order valence-corrected chi connectivity index (χ2v) is 7.47. The van der Waals surface area contributed by atoms with Crippen LogP contribution in [0.15, 0.2) is 53.4 Å². The molecule has 28 heavy (non-hydrogen) atoms. The number of aromatic nitrogens is 5. The summed E-state index contributed by atoms with van der Waals surface area (Å²) in [6, 6.07) is 8.89. The molecule has 4 aromatic rings. The largest absolute Gasteiger partial charge is 0.331 e. The van der Waals surface area contributed by atoms with Crippen molar-refractivity contribution >= 4 is 27.4 Å². The zero-order chi connectivity index (χ0) is 19.3. The van der Waals surface area contributed by atoms with Crippen molar-refractivity contribution in [3.63, 3.8) is 0 Å². The summed E-state index contributed by atoms with van der Waals surface area (Å²) >= 11 is 3.40. The molecule has 0 aliphatic carbocycles. The van der Waals surface area contributed by atoms with Crippen molar-refractivity contribution in [1.29, 1.82) is 0 Å². The van der Waals surface area contributed by atoms with Gasteiger partial charge in [0.25, 0.3) is 5.91 Å². The summed E-state index contributed by atoms with van der Waals surface area (Å²) in [5.74, 6) is 0.00860. The third-order valence-electron chi connectivity index (χ3n) is 4.77. The van der Waals surface area contributed by atoms with Gasteiger partial charge in [0.1, 0.15) is 5.82 Å². The Balaban J connectivity index is 1.42. The van der Waals surface area contributed by atoms with Crippen molar-refractivity contribution < 1.29 is 9.18 Å². The lowest BCUT2D eigenvalue weighted by molar-refractivity contribution is 0.0701. The number of hydrogen-bond acceptors (Lipinski definition) is 4. The average molecular weight is 441 g/mol. The molecule has 0 saturated carbocycles. The Morgan fingerprint density at radius 3 is 2.93 bits per heavy atom. The molecule has 7 nitrogen and oxygen atoms in total. The van der Waals surface area contributed by atoms with Crippen LogP contribution in [0.3, 0.4) is 0 Å². The van der Waals surface area contributed by atoms with Gasteiger partial charge >= 0.3 is 0 Å². The van der Waals surface area contributed by atoms with Crippen LogP contribution in [-0.4, -0.2) is 41.5 Å². The highest BCUT2D eigenvalue weighted by Crippen LogP contribution is 2.24. The number of hydrogen-bond donors (Lipinski definition) is 0. The number of carbonyl (C=O) groups is 1. The second kappa shape index (κ2) is 6.52. The molecule has 0 spiro atoms. The first-order valence-electron chi connectivity index (χ1n) is 8.69. The van der Waals surface area contributed by atoms with Gasteiger partial charge in [-0.2, -0.15) is 9.49 Å². The fraction of sp³-hybridized carbons (Fsp3) is 0.158. The van der Waals surface area contributed by atoms with Crippen molar-refractivity contribution in [2.45, 2.75) is 13.1 Å². The number of pyridine rings is 2. The van der Waals surface area contributed by atoms with E-state index in [1.54, 1.807) is 33.8 Å². The van der Waals surface area contributed by atoms with Gasteiger partial charge in [0.05, 0.1) is 23.3 Å². The predicted molar refractivity (Wildman–Crippen MR) is 103 cm³/mol. The summed E-state index contributed by atoms with van der Waals surface area (Å²) < 4.78 is 18.5. The predicted octanol–water partition coefficient (Wildman–Crippen LogP) is 3.15. The lowest BCUT2D eigenvalue weighted by Crippen LogP contribution is -2.38. The van der Waals surface area contributed by atoms with Crippen LogP contribution in [0.25, 0.3) is 16.8 Å². The van der Waals surface area contributed by atoms with E-state index in [1.165, 1.54) is 6.20 Å². The van der Waals surface area contributed by atoms with Crippen LogP contribution in [0.4, 0.5) is 4.39 Å². The maximum absolute atomic E-state index is 14.0. The van der Waals surface area contributed by atoms with E-state index in [2.05, 4.69) is 31.0 Å². The smallest absolute Gasteiger partial charge is 0.274 e. The lowest BCUT2D eigenvalue weighted by Gasteiger charge is -2.26. The molecule has 0 fully saturated rings. The van der Waals surface area contributed by atoms with Crippen LogP contribution in [-0.2, 0) is 13.1 Å². The first-order chi connectivity index (χ1) is 13.6. The molecule has 140 valence electrons. The maximum atomic E-state index is 14.0. The quantitative estimate of drug-likeness (QED) is 0.449. The van der Waals surface area contributed by atoms with E-state index in [9.17, 15) is 9.18 Å². The maximum Gasteiger partial charge on any atom is 0.274 e. The van der Waals surface area contributed by atoms with Gasteiger partial charge in [0.2, 0.25) is 5.95 Å². The monoisotopic (exact) mass is 440 g/mol. The normalized spacial score (nSPS) is 13.7. The van der Waals surface area contributed by atoms with E-state index >= 15 is 0 Å². The van der Waals surface area contributed by atoms with E-state index in [4.69, 9.17) is 0 Å². The fourth-order valence-electron chi connectivity index (χ4n) is 3.36. The number of nitrogens with zero attached hydrogens (tertiary/aromatic N) is 6. The Kier molecular flexibility index (Phi) is 3.97. The van der Waals surface area contributed by atoms with Crippen LogP contribution in [0.5, 0.6) is 0 Å². The number of amides is 1. The molecule has 0 unspecified atom stereocenters. The molecular weight excluding hydrogens is 427 g/mol. The summed E-state index contributed by atoms with van der Waals surface area (Å²) in [4.78, 5) is 22.8. The third kappa shape index (κ3) is 2.88. The van der Waals surface area contributed by atoms with Gasteiger partial charge in [-0.15, -0.1) is 0 Å². The fourth-order valence-corrected chi connectivity index (χ4v) is 3.69. The summed E-state index contributed by atoms with van der Waals surface area (Å²) in [7, 11) is 0. The average Bonchev–Trinajstić information content (AvgIpc) is 3.30. The van der Waals surface area contributed by atoms with Crippen molar-refractivity contribution in [3.8, 4) is 11.3 Å². The van der Waals surface area contributed by atoms with Crippen LogP contribution in [0.1, 0.15) is 16.3 Å². The first-order valence-corrected chi connectivity index (χ1v) is 9.49. The SMILES string of the molecule is O=C(c1cc2ccc(Br)cn2n1)N1CCn2cc(-c3cccnc3F)nc2C1. The van der Waals surface area contributed by atoms with Gasteiger partial charge in [-0.3, -0.25) is 4.79 Å². The minimum absolute atomic E-state index is 0.150. The second-order valence-electron chi connectivity index (χ2n) is 6.55. The Hall–Kier alpha value is -3.07. The molecule has 0 saturated heterocycles. The summed E-state index contributed by atoms with van der Waals surface area (Å²) in [6.45, 7) is 1.47. The van der Waals surface area contributed by atoms with E-state index in [0.717, 1.165) is 9.99 Å². The third-order valence-corrected chi connectivity index (χ3v) is 5.24. The van der Waals surface area contributed by atoms with Crippen LogP contribution >= 0.6 is 15.9 Å². The highest BCUT2D eigenvalue weighted by molar-refractivity contribution is 9.10. The van der Waals surface area contributed by atoms with Crippen LogP contribution in [0, 0.1) is 5.95 Å². The molecule has 4 aromatic heterocycles. The molecule has 9 heteroatoms. The minimum Gasteiger partial charge on any atom is -0.331 e.